The summed E-state index contributed by atoms with van der Waals surface area (Å²) < 4.78 is 18.0. The van der Waals surface area contributed by atoms with Gasteiger partial charge in [-0.3, -0.25) is 9.59 Å². The molecule has 1 aliphatic heterocycles. The number of alkyl carbamates (subject to hydrolysis) is 1. The fraction of sp³-hybridized carbons (Fsp3) is 0.526. The van der Waals surface area contributed by atoms with Crippen molar-refractivity contribution >= 4 is 17.9 Å². The molecular weight excluding hydrogens is 353 g/mol. The summed E-state index contributed by atoms with van der Waals surface area (Å²) in [6, 6.07) is 5.31. The average Bonchev–Trinajstić information content (AvgIpc) is 2.59. The Labute approximate surface area is 158 Å². The fourth-order valence-electron chi connectivity index (χ4n) is 2.72. The highest BCUT2D eigenvalue weighted by atomic mass is 19.1. The van der Waals surface area contributed by atoms with Crippen molar-refractivity contribution in [3.05, 3.63) is 35.6 Å². The number of nitrogens with zero attached hydrogens (tertiary/aromatic N) is 1. The lowest BCUT2D eigenvalue weighted by molar-refractivity contribution is -0.131. The van der Waals surface area contributed by atoms with Crippen LogP contribution in [0.4, 0.5) is 9.18 Å². The summed E-state index contributed by atoms with van der Waals surface area (Å²) in [6.07, 6.45) is 0.605. The Morgan fingerprint density at radius 3 is 2.30 bits per heavy atom. The molecule has 1 fully saturated rings. The van der Waals surface area contributed by atoms with Gasteiger partial charge in [-0.2, -0.15) is 0 Å². The monoisotopic (exact) mass is 379 g/mol. The van der Waals surface area contributed by atoms with Gasteiger partial charge in [0.25, 0.3) is 5.91 Å². The zero-order chi connectivity index (χ0) is 20.0. The second-order valence-electron chi connectivity index (χ2n) is 7.49. The number of likely N-dealkylation sites (tertiary alicyclic amines) is 1. The van der Waals surface area contributed by atoms with E-state index in [0.29, 0.717) is 31.5 Å². The number of halogens is 1. The standard InChI is InChI=1S/C19H26FN3O4/c1-19(2,3)27-18(26)21-12-16(24)23-10-8-15(9-11-23)22-17(25)13-4-6-14(20)7-5-13/h4-7,15H,8-12H2,1-3H3,(H,21,26)(H,22,25). The summed E-state index contributed by atoms with van der Waals surface area (Å²) in [5.41, 5.74) is -0.217. The van der Waals surface area contributed by atoms with Crippen molar-refractivity contribution in [2.45, 2.75) is 45.3 Å². The molecule has 148 valence electrons. The lowest BCUT2D eigenvalue weighted by atomic mass is 10.0. The van der Waals surface area contributed by atoms with Crippen LogP contribution in [0.5, 0.6) is 0 Å². The Morgan fingerprint density at radius 1 is 1.15 bits per heavy atom. The summed E-state index contributed by atoms with van der Waals surface area (Å²) >= 11 is 0. The zero-order valence-corrected chi connectivity index (χ0v) is 15.9. The molecule has 8 heteroatoms. The number of nitrogens with one attached hydrogen (secondary N) is 2. The van der Waals surface area contributed by atoms with E-state index in [4.69, 9.17) is 4.74 Å². The van der Waals surface area contributed by atoms with Crippen molar-refractivity contribution in [3.63, 3.8) is 0 Å². The van der Waals surface area contributed by atoms with Crippen LogP contribution in [-0.2, 0) is 9.53 Å². The molecule has 1 heterocycles. The Balaban J connectivity index is 1.73. The number of ether oxygens (including phenoxy) is 1. The minimum atomic E-state index is -0.628. The maximum absolute atomic E-state index is 12.9. The summed E-state index contributed by atoms with van der Waals surface area (Å²) in [4.78, 5) is 37.6. The van der Waals surface area contributed by atoms with Crippen LogP contribution in [0.25, 0.3) is 0 Å². The Hall–Kier alpha value is -2.64. The highest BCUT2D eigenvalue weighted by Crippen LogP contribution is 2.12. The van der Waals surface area contributed by atoms with Crippen LogP contribution >= 0.6 is 0 Å². The highest BCUT2D eigenvalue weighted by Gasteiger charge is 2.25. The molecule has 1 aromatic carbocycles. The van der Waals surface area contributed by atoms with Crippen molar-refractivity contribution in [3.8, 4) is 0 Å². The van der Waals surface area contributed by atoms with Gasteiger partial charge in [-0.1, -0.05) is 0 Å². The minimum Gasteiger partial charge on any atom is -0.444 e. The Morgan fingerprint density at radius 2 is 1.74 bits per heavy atom. The van der Waals surface area contributed by atoms with Gasteiger partial charge in [0.1, 0.15) is 18.0 Å². The molecule has 2 N–H and O–H groups in total. The molecule has 0 atom stereocenters. The van der Waals surface area contributed by atoms with Crippen LogP contribution in [0.2, 0.25) is 0 Å². The second-order valence-corrected chi connectivity index (χ2v) is 7.49. The Bertz CT molecular complexity index is 677. The van der Waals surface area contributed by atoms with Crippen LogP contribution in [0.3, 0.4) is 0 Å². The molecular formula is C19H26FN3O4. The number of carbonyl (C=O) groups excluding carboxylic acids is 3. The van der Waals surface area contributed by atoms with Crippen molar-refractivity contribution in [1.29, 1.82) is 0 Å². The van der Waals surface area contributed by atoms with E-state index in [0.717, 1.165) is 0 Å². The highest BCUT2D eigenvalue weighted by molar-refractivity contribution is 5.94. The number of hydrogen-bond donors (Lipinski definition) is 2. The molecule has 1 aromatic rings. The fourth-order valence-corrected chi connectivity index (χ4v) is 2.72. The lowest BCUT2D eigenvalue weighted by Gasteiger charge is -2.32. The van der Waals surface area contributed by atoms with E-state index in [-0.39, 0.29) is 24.4 Å². The van der Waals surface area contributed by atoms with Gasteiger partial charge in [0.2, 0.25) is 5.91 Å². The number of amides is 3. The van der Waals surface area contributed by atoms with E-state index < -0.39 is 17.5 Å². The number of piperidine rings is 1. The van der Waals surface area contributed by atoms with E-state index in [1.165, 1.54) is 24.3 Å². The van der Waals surface area contributed by atoms with Gasteiger partial charge in [-0.15, -0.1) is 0 Å². The maximum Gasteiger partial charge on any atom is 0.408 e. The van der Waals surface area contributed by atoms with Crippen LogP contribution in [-0.4, -0.2) is 54.1 Å². The molecule has 0 spiro atoms. The van der Waals surface area contributed by atoms with Crippen molar-refractivity contribution in [2.75, 3.05) is 19.6 Å². The molecule has 2 rings (SSSR count). The van der Waals surface area contributed by atoms with E-state index in [1.54, 1.807) is 25.7 Å². The van der Waals surface area contributed by atoms with E-state index in [1.807, 2.05) is 0 Å². The van der Waals surface area contributed by atoms with Gasteiger partial charge in [-0.05, 0) is 57.9 Å². The lowest BCUT2D eigenvalue weighted by Crippen LogP contribution is -2.49. The topological polar surface area (TPSA) is 87.7 Å². The third kappa shape index (κ3) is 6.88. The third-order valence-electron chi connectivity index (χ3n) is 4.07. The smallest absolute Gasteiger partial charge is 0.408 e. The van der Waals surface area contributed by atoms with Crippen molar-refractivity contribution < 1.29 is 23.5 Å². The molecule has 0 aliphatic carbocycles. The van der Waals surface area contributed by atoms with Crippen LogP contribution < -0.4 is 10.6 Å². The third-order valence-corrected chi connectivity index (χ3v) is 4.07. The first-order valence-corrected chi connectivity index (χ1v) is 8.95. The molecule has 0 radical (unpaired) electrons. The molecule has 1 aliphatic rings. The summed E-state index contributed by atoms with van der Waals surface area (Å²) in [5, 5.41) is 5.35. The van der Waals surface area contributed by atoms with Crippen LogP contribution in [0, 0.1) is 5.82 Å². The van der Waals surface area contributed by atoms with E-state index in [2.05, 4.69) is 10.6 Å². The molecule has 0 unspecified atom stereocenters. The first kappa shape index (κ1) is 20.7. The predicted octanol–water partition coefficient (Wildman–Crippen LogP) is 2.07. The SMILES string of the molecule is CC(C)(C)OC(=O)NCC(=O)N1CCC(NC(=O)c2ccc(F)cc2)CC1. The summed E-state index contributed by atoms with van der Waals surface area (Å²) in [5.74, 6) is -0.839. The minimum absolute atomic E-state index is 0.0505. The summed E-state index contributed by atoms with van der Waals surface area (Å²) in [6.45, 7) is 6.10. The van der Waals surface area contributed by atoms with E-state index >= 15 is 0 Å². The quantitative estimate of drug-likeness (QED) is 0.838. The number of carbonyl (C=O) groups is 3. The van der Waals surface area contributed by atoms with Gasteiger partial charge in [0, 0.05) is 24.7 Å². The molecule has 3 amide bonds. The number of rotatable bonds is 4. The van der Waals surface area contributed by atoms with Gasteiger partial charge >= 0.3 is 6.09 Å². The molecule has 7 nitrogen and oxygen atoms in total. The predicted molar refractivity (Wildman–Crippen MR) is 97.7 cm³/mol. The molecule has 0 aromatic heterocycles. The average molecular weight is 379 g/mol. The van der Waals surface area contributed by atoms with Gasteiger partial charge in [0.15, 0.2) is 0 Å². The molecule has 0 bridgehead atoms. The number of benzene rings is 1. The van der Waals surface area contributed by atoms with Crippen LogP contribution in [0.1, 0.15) is 44.0 Å². The number of hydrogen-bond acceptors (Lipinski definition) is 4. The maximum atomic E-state index is 12.9. The van der Waals surface area contributed by atoms with Crippen molar-refractivity contribution in [2.24, 2.45) is 0 Å². The van der Waals surface area contributed by atoms with Crippen LogP contribution in [0.15, 0.2) is 24.3 Å². The Kier molecular flexibility index (Phi) is 6.76. The molecule has 27 heavy (non-hydrogen) atoms. The first-order valence-electron chi connectivity index (χ1n) is 8.95. The molecule has 0 saturated carbocycles. The van der Waals surface area contributed by atoms with Gasteiger partial charge in [-0.25, -0.2) is 9.18 Å². The first-order chi connectivity index (χ1) is 12.6. The normalized spacial score (nSPS) is 15.2. The van der Waals surface area contributed by atoms with E-state index in [9.17, 15) is 18.8 Å². The van der Waals surface area contributed by atoms with Gasteiger partial charge in [0.05, 0.1) is 0 Å². The van der Waals surface area contributed by atoms with Gasteiger partial charge < -0.3 is 20.3 Å². The largest absolute Gasteiger partial charge is 0.444 e. The second kappa shape index (κ2) is 8.83. The molecule has 1 saturated heterocycles. The summed E-state index contributed by atoms with van der Waals surface area (Å²) in [7, 11) is 0. The zero-order valence-electron chi connectivity index (χ0n) is 15.9. The van der Waals surface area contributed by atoms with Crippen molar-refractivity contribution in [1.82, 2.24) is 15.5 Å².